The van der Waals surface area contributed by atoms with Gasteiger partial charge in [-0.05, 0) is 31.4 Å². The molecule has 32 heavy (non-hydrogen) atoms. The first-order valence-corrected chi connectivity index (χ1v) is 10.6. The molecular weight excluding hydrogens is 427 g/mol. The van der Waals surface area contributed by atoms with E-state index in [0.717, 1.165) is 17.7 Å². The standard InChI is InChI=1S/C21H22F3N5O3/c22-21(23,24)17-5-7-28-19(31)8-18(27-10-14-3-4-15(11-27)32-14)26-20(28)29(17)12-16(30)13-2-1-6-25-9-13/h1-2,6,8-9,14-15,17H,3-5,7,10-12H2. The van der Waals surface area contributed by atoms with Crippen LogP contribution in [0.3, 0.4) is 0 Å². The van der Waals surface area contributed by atoms with Crippen molar-refractivity contribution in [1.82, 2.24) is 14.5 Å². The number of rotatable bonds is 4. The normalized spacial score (nSPS) is 25.0. The van der Waals surface area contributed by atoms with Crippen molar-refractivity contribution in [2.45, 2.75) is 50.2 Å². The maximum atomic E-state index is 13.9. The molecule has 2 aromatic heterocycles. The first kappa shape index (κ1) is 20.9. The Labute approximate surface area is 181 Å². The number of hydrogen-bond donors (Lipinski definition) is 0. The average Bonchev–Trinajstić information content (AvgIpc) is 3.11. The minimum Gasteiger partial charge on any atom is -0.371 e. The van der Waals surface area contributed by atoms with Crippen LogP contribution >= 0.6 is 0 Å². The molecule has 3 atom stereocenters. The highest BCUT2D eigenvalue weighted by Gasteiger charge is 2.47. The van der Waals surface area contributed by atoms with Gasteiger partial charge in [-0.25, -0.2) is 0 Å². The van der Waals surface area contributed by atoms with Crippen LogP contribution in [0.1, 0.15) is 29.6 Å². The van der Waals surface area contributed by atoms with Gasteiger partial charge in [0, 0.05) is 43.7 Å². The van der Waals surface area contributed by atoms with E-state index in [-0.39, 0.29) is 36.7 Å². The van der Waals surface area contributed by atoms with Crippen molar-refractivity contribution < 1.29 is 22.7 Å². The van der Waals surface area contributed by atoms with E-state index in [2.05, 4.69) is 9.97 Å². The summed E-state index contributed by atoms with van der Waals surface area (Å²) in [6.45, 7) is 0.394. The van der Waals surface area contributed by atoms with Gasteiger partial charge in [-0.1, -0.05) is 0 Å². The van der Waals surface area contributed by atoms with Crippen LogP contribution in [0, 0.1) is 0 Å². The minimum absolute atomic E-state index is 0.0283. The number of fused-ring (bicyclic) bond motifs is 3. The minimum atomic E-state index is -4.58. The van der Waals surface area contributed by atoms with Crippen molar-refractivity contribution in [3.05, 3.63) is 46.5 Å². The zero-order valence-corrected chi connectivity index (χ0v) is 17.2. The second-order valence-corrected chi connectivity index (χ2v) is 8.41. The third-order valence-corrected chi connectivity index (χ3v) is 6.28. The number of ether oxygens (including phenoxy) is 1. The predicted octanol–water partition coefficient (Wildman–Crippen LogP) is 2.03. The number of hydrogen-bond acceptors (Lipinski definition) is 7. The lowest BCUT2D eigenvalue weighted by molar-refractivity contribution is -0.152. The fourth-order valence-electron chi connectivity index (χ4n) is 4.72. The van der Waals surface area contributed by atoms with Crippen molar-refractivity contribution in [3.8, 4) is 0 Å². The van der Waals surface area contributed by atoms with Gasteiger partial charge in [0.2, 0.25) is 5.95 Å². The van der Waals surface area contributed by atoms with Crippen LogP contribution in [0.4, 0.5) is 24.9 Å². The molecule has 2 bridgehead atoms. The van der Waals surface area contributed by atoms with Crippen LogP contribution in [0.5, 0.6) is 0 Å². The fourth-order valence-corrected chi connectivity index (χ4v) is 4.72. The number of aromatic nitrogens is 3. The molecule has 11 heteroatoms. The molecule has 0 aliphatic carbocycles. The Kier molecular flexibility index (Phi) is 5.15. The van der Waals surface area contributed by atoms with E-state index in [1.165, 1.54) is 29.1 Å². The number of anilines is 2. The van der Waals surface area contributed by atoms with Crippen LogP contribution in [-0.2, 0) is 11.3 Å². The van der Waals surface area contributed by atoms with E-state index in [1.807, 2.05) is 4.90 Å². The van der Waals surface area contributed by atoms with E-state index in [4.69, 9.17) is 4.74 Å². The molecule has 3 aliphatic heterocycles. The fraction of sp³-hybridized carbons (Fsp3) is 0.524. The van der Waals surface area contributed by atoms with Crippen molar-refractivity contribution in [2.24, 2.45) is 0 Å². The summed E-state index contributed by atoms with van der Waals surface area (Å²) in [4.78, 5) is 36.8. The van der Waals surface area contributed by atoms with E-state index >= 15 is 0 Å². The topological polar surface area (TPSA) is 80.6 Å². The molecule has 2 saturated heterocycles. The van der Waals surface area contributed by atoms with E-state index in [1.54, 1.807) is 6.07 Å². The SMILES string of the molecule is O=C(CN1c2nc(N3CC4CCC(C3)O4)cc(=O)n2CCC1C(F)(F)F)c1cccnc1. The van der Waals surface area contributed by atoms with Gasteiger partial charge in [0.05, 0.1) is 18.8 Å². The number of Topliss-reactive ketones (excluding diaryl/α,β-unsaturated/α-hetero) is 1. The maximum Gasteiger partial charge on any atom is 0.408 e. The summed E-state index contributed by atoms with van der Waals surface area (Å²) in [5.74, 6) is -0.329. The Bertz CT molecular complexity index is 1060. The van der Waals surface area contributed by atoms with Gasteiger partial charge in [0.15, 0.2) is 5.78 Å². The molecular formula is C21H22F3N5O3. The van der Waals surface area contributed by atoms with Gasteiger partial charge in [0.25, 0.3) is 5.56 Å². The number of pyridine rings is 1. The van der Waals surface area contributed by atoms with Gasteiger partial charge in [-0.2, -0.15) is 18.2 Å². The molecule has 5 heterocycles. The zero-order chi connectivity index (χ0) is 22.5. The average molecular weight is 449 g/mol. The van der Waals surface area contributed by atoms with E-state index in [0.29, 0.717) is 18.9 Å². The maximum absolute atomic E-state index is 13.9. The highest BCUT2D eigenvalue weighted by atomic mass is 19.4. The Morgan fingerprint density at radius 3 is 2.59 bits per heavy atom. The van der Waals surface area contributed by atoms with Crippen LogP contribution in [0.25, 0.3) is 0 Å². The Balaban J connectivity index is 1.53. The number of carbonyl (C=O) groups excluding carboxylic acids is 1. The Hall–Kier alpha value is -2.95. The molecule has 3 unspecified atom stereocenters. The molecule has 0 spiro atoms. The summed E-state index contributed by atoms with van der Waals surface area (Å²) in [7, 11) is 0. The summed E-state index contributed by atoms with van der Waals surface area (Å²) in [5, 5.41) is 0. The molecule has 3 aliphatic rings. The number of ketones is 1. The second kappa shape index (κ2) is 7.88. The number of alkyl halides is 3. The molecule has 5 rings (SSSR count). The van der Waals surface area contributed by atoms with Gasteiger partial charge in [-0.15, -0.1) is 0 Å². The van der Waals surface area contributed by atoms with Gasteiger partial charge < -0.3 is 14.5 Å². The van der Waals surface area contributed by atoms with Gasteiger partial charge in [-0.3, -0.25) is 19.1 Å². The molecule has 0 saturated carbocycles. The molecule has 2 aromatic rings. The number of nitrogens with zero attached hydrogens (tertiary/aromatic N) is 5. The van der Waals surface area contributed by atoms with Crippen LogP contribution in [-0.4, -0.2) is 64.4 Å². The van der Waals surface area contributed by atoms with Crippen molar-refractivity contribution in [3.63, 3.8) is 0 Å². The summed E-state index contributed by atoms with van der Waals surface area (Å²) in [5.41, 5.74) is -0.225. The molecule has 8 nitrogen and oxygen atoms in total. The van der Waals surface area contributed by atoms with Crippen LogP contribution in [0.15, 0.2) is 35.4 Å². The lowest BCUT2D eigenvalue weighted by atomic mass is 10.1. The first-order valence-electron chi connectivity index (χ1n) is 10.6. The summed E-state index contributed by atoms with van der Waals surface area (Å²) < 4.78 is 48.7. The van der Waals surface area contributed by atoms with Crippen molar-refractivity contribution in [2.75, 3.05) is 29.4 Å². The molecule has 0 N–H and O–H groups in total. The van der Waals surface area contributed by atoms with Crippen LogP contribution < -0.4 is 15.4 Å². The summed E-state index contributed by atoms with van der Waals surface area (Å²) >= 11 is 0. The smallest absolute Gasteiger partial charge is 0.371 e. The van der Waals surface area contributed by atoms with E-state index < -0.39 is 30.1 Å². The van der Waals surface area contributed by atoms with Crippen molar-refractivity contribution >= 4 is 17.5 Å². The number of morpholine rings is 1. The number of halogens is 3. The third-order valence-electron chi connectivity index (χ3n) is 6.28. The van der Waals surface area contributed by atoms with Gasteiger partial charge in [0.1, 0.15) is 11.9 Å². The highest BCUT2D eigenvalue weighted by Crippen LogP contribution is 2.35. The van der Waals surface area contributed by atoms with Crippen LogP contribution in [0.2, 0.25) is 0 Å². The summed E-state index contributed by atoms with van der Waals surface area (Å²) in [6, 6.07) is 2.50. The molecule has 0 radical (unpaired) electrons. The quantitative estimate of drug-likeness (QED) is 0.661. The summed E-state index contributed by atoms with van der Waals surface area (Å²) in [6.07, 6.45) is -0.240. The molecule has 170 valence electrons. The highest BCUT2D eigenvalue weighted by molar-refractivity contribution is 5.98. The lowest BCUT2D eigenvalue weighted by Crippen LogP contribution is -2.54. The molecule has 0 amide bonds. The lowest BCUT2D eigenvalue weighted by Gasteiger charge is -2.39. The Morgan fingerprint density at radius 2 is 1.94 bits per heavy atom. The Morgan fingerprint density at radius 1 is 1.19 bits per heavy atom. The van der Waals surface area contributed by atoms with Crippen molar-refractivity contribution in [1.29, 1.82) is 0 Å². The third kappa shape index (κ3) is 3.85. The molecule has 2 fully saturated rings. The van der Waals surface area contributed by atoms with Gasteiger partial charge >= 0.3 is 6.18 Å². The number of carbonyl (C=O) groups is 1. The molecule has 0 aromatic carbocycles. The van der Waals surface area contributed by atoms with E-state index in [9.17, 15) is 22.8 Å². The monoisotopic (exact) mass is 449 g/mol. The zero-order valence-electron chi connectivity index (χ0n) is 17.2. The second-order valence-electron chi connectivity index (χ2n) is 8.41. The predicted molar refractivity (Wildman–Crippen MR) is 109 cm³/mol. The first-order chi connectivity index (χ1) is 15.3. The largest absolute Gasteiger partial charge is 0.408 e.